The smallest absolute Gasteiger partial charge is 0.0363 e. The molecule has 2 atom stereocenters. The van der Waals surface area contributed by atoms with E-state index in [1.165, 1.54) is 38.5 Å². The Bertz CT molecular complexity index is 107. The van der Waals surface area contributed by atoms with Gasteiger partial charge < -0.3 is 0 Å². The summed E-state index contributed by atoms with van der Waals surface area (Å²) in [6, 6.07) is 0. The third-order valence-electron chi connectivity index (χ3n) is 3.67. The normalized spacial score (nSPS) is 28.3. The molecule has 100 valence electrons. The van der Waals surface area contributed by atoms with E-state index in [4.69, 9.17) is 0 Å². The van der Waals surface area contributed by atoms with Gasteiger partial charge in [-0.25, -0.2) is 0 Å². The fraction of sp³-hybridized carbons (Fsp3) is 1.00. The third-order valence-corrected chi connectivity index (χ3v) is 3.67. The highest BCUT2D eigenvalue weighted by atomic mass is 14.3. The summed E-state index contributed by atoms with van der Waals surface area (Å²) in [5, 5.41) is 0. The Hall–Kier alpha value is 0. The minimum absolute atomic E-state index is 1.00. The van der Waals surface area contributed by atoms with Crippen molar-refractivity contribution < 1.29 is 0 Å². The van der Waals surface area contributed by atoms with E-state index >= 15 is 0 Å². The highest BCUT2D eigenvalue weighted by Crippen LogP contribution is 2.37. The lowest BCUT2D eigenvalue weighted by atomic mass is 9.71. The number of hydrogen-bond donors (Lipinski definition) is 0. The molecular weight excluding hydrogens is 192 g/mol. The Labute approximate surface area is 105 Å². The summed E-state index contributed by atoms with van der Waals surface area (Å²) in [4.78, 5) is 0. The van der Waals surface area contributed by atoms with Crippen molar-refractivity contribution in [3.63, 3.8) is 0 Å². The summed E-state index contributed by atoms with van der Waals surface area (Å²) >= 11 is 0. The van der Waals surface area contributed by atoms with Crippen LogP contribution in [-0.4, -0.2) is 0 Å². The van der Waals surface area contributed by atoms with E-state index in [0.717, 1.165) is 17.8 Å². The molecule has 1 saturated carbocycles. The van der Waals surface area contributed by atoms with Crippen LogP contribution in [-0.2, 0) is 0 Å². The maximum Gasteiger partial charge on any atom is -0.0363 e. The molecule has 0 bridgehead atoms. The average Bonchev–Trinajstić information content (AvgIpc) is 2.34. The fourth-order valence-electron chi connectivity index (χ4n) is 2.76. The van der Waals surface area contributed by atoms with Gasteiger partial charge in [-0.3, -0.25) is 0 Å². The second kappa shape index (κ2) is 13.1. The van der Waals surface area contributed by atoms with Gasteiger partial charge in [0, 0.05) is 0 Å². The molecule has 0 saturated heterocycles. The zero-order chi connectivity index (χ0) is 13.0. The largest absolute Gasteiger partial charge is 0.0683 e. The lowest BCUT2D eigenvalue weighted by Crippen LogP contribution is -2.24. The van der Waals surface area contributed by atoms with Crippen LogP contribution in [0.1, 0.15) is 87.0 Å². The molecule has 0 radical (unpaired) electrons. The topological polar surface area (TPSA) is 0 Å². The van der Waals surface area contributed by atoms with Crippen molar-refractivity contribution in [3.8, 4) is 0 Å². The summed E-state index contributed by atoms with van der Waals surface area (Å²) in [5.41, 5.74) is 0. The molecule has 0 aromatic rings. The molecule has 0 heterocycles. The molecule has 0 N–H and O–H groups in total. The summed E-state index contributed by atoms with van der Waals surface area (Å²) in [7, 11) is 0. The van der Waals surface area contributed by atoms with Crippen molar-refractivity contribution in [2.75, 3.05) is 0 Å². The molecule has 0 aromatic heterocycles. The van der Waals surface area contributed by atoms with Gasteiger partial charge in [0.05, 0.1) is 0 Å². The average molecular weight is 228 g/mol. The molecule has 1 aliphatic rings. The molecule has 0 nitrogen and oxygen atoms in total. The maximum absolute atomic E-state index is 2.45. The molecule has 1 fully saturated rings. The summed E-state index contributed by atoms with van der Waals surface area (Å²) in [6.45, 7) is 15.2. The first-order chi connectivity index (χ1) is 7.75. The molecular formula is C16H36. The SMILES string of the molecule is CC.CC.CCCCC1C(C)CCCC1C. The van der Waals surface area contributed by atoms with E-state index in [9.17, 15) is 0 Å². The number of hydrogen-bond acceptors (Lipinski definition) is 0. The maximum atomic E-state index is 2.45. The van der Waals surface area contributed by atoms with Gasteiger partial charge in [0.2, 0.25) is 0 Å². The van der Waals surface area contributed by atoms with Crippen LogP contribution in [0.2, 0.25) is 0 Å². The monoisotopic (exact) mass is 228 g/mol. The lowest BCUT2D eigenvalue weighted by molar-refractivity contribution is 0.165. The Morgan fingerprint density at radius 3 is 1.69 bits per heavy atom. The highest BCUT2D eigenvalue weighted by Gasteiger charge is 2.26. The van der Waals surface area contributed by atoms with Gasteiger partial charge in [0.1, 0.15) is 0 Å². The standard InChI is InChI=1S/C12H24.2C2H6/c1-4-5-9-12-10(2)7-6-8-11(12)3;2*1-2/h10-12H,4-9H2,1-3H3;2*1-2H3. The van der Waals surface area contributed by atoms with Crippen molar-refractivity contribution in [3.05, 3.63) is 0 Å². The van der Waals surface area contributed by atoms with Gasteiger partial charge in [-0.15, -0.1) is 0 Å². The van der Waals surface area contributed by atoms with Crippen molar-refractivity contribution in [2.45, 2.75) is 87.0 Å². The number of rotatable bonds is 3. The Balaban J connectivity index is 0. The fourth-order valence-corrected chi connectivity index (χ4v) is 2.76. The van der Waals surface area contributed by atoms with Crippen LogP contribution >= 0.6 is 0 Å². The van der Waals surface area contributed by atoms with E-state index in [-0.39, 0.29) is 0 Å². The van der Waals surface area contributed by atoms with Crippen LogP contribution in [0.4, 0.5) is 0 Å². The second-order valence-corrected chi connectivity index (χ2v) is 4.69. The van der Waals surface area contributed by atoms with Crippen molar-refractivity contribution >= 4 is 0 Å². The molecule has 1 aliphatic carbocycles. The van der Waals surface area contributed by atoms with Crippen LogP contribution in [0, 0.1) is 17.8 Å². The molecule has 1 rings (SSSR count). The molecule has 0 spiro atoms. The van der Waals surface area contributed by atoms with Gasteiger partial charge in [-0.1, -0.05) is 80.6 Å². The van der Waals surface area contributed by atoms with E-state index in [1.807, 2.05) is 27.7 Å². The molecule has 0 amide bonds. The summed E-state index contributed by atoms with van der Waals surface area (Å²) < 4.78 is 0. The van der Waals surface area contributed by atoms with Gasteiger partial charge >= 0.3 is 0 Å². The Morgan fingerprint density at radius 2 is 1.31 bits per heavy atom. The first-order valence-corrected chi connectivity index (χ1v) is 7.75. The zero-order valence-corrected chi connectivity index (χ0v) is 13.0. The first kappa shape index (κ1) is 18.4. The highest BCUT2D eigenvalue weighted by molar-refractivity contribution is 4.77. The second-order valence-electron chi connectivity index (χ2n) is 4.69. The van der Waals surface area contributed by atoms with E-state index in [1.54, 1.807) is 0 Å². The van der Waals surface area contributed by atoms with Gasteiger partial charge in [-0.05, 0) is 24.2 Å². The Morgan fingerprint density at radius 1 is 0.875 bits per heavy atom. The first-order valence-electron chi connectivity index (χ1n) is 7.75. The molecule has 0 aliphatic heterocycles. The van der Waals surface area contributed by atoms with Gasteiger partial charge in [0.25, 0.3) is 0 Å². The third kappa shape index (κ3) is 7.30. The van der Waals surface area contributed by atoms with E-state index in [0.29, 0.717) is 0 Å². The minimum atomic E-state index is 1.00. The minimum Gasteiger partial charge on any atom is -0.0683 e. The quantitative estimate of drug-likeness (QED) is 0.531. The van der Waals surface area contributed by atoms with Crippen LogP contribution in [0.25, 0.3) is 0 Å². The van der Waals surface area contributed by atoms with Crippen molar-refractivity contribution in [1.29, 1.82) is 0 Å². The van der Waals surface area contributed by atoms with Crippen LogP contribution < -0.4 is 0 Å². The van der Waals surface area contributed by atoms with Crippen LogP contribution in [0.5, 0.6) is 0 Å². The molecule has 16 heavy (non-hydrogen) atoms. The zero-order valence-electron chi connectivity index (χ0n) is 13.0. The van der Waals surface area contributed by atoms with E-state index < -0.39 is 0 Å². The van der Waals surface area contributed by atoms with Gasteiger partial charge in [0.15, 0.2) is 0 Å². The Kier molecular flexibility index (Phi) is 15.0. The van der Waals surface area contributed by atoms with Crippen LogP contribution in [0.3, 0.4) is 0 Å². The molecule has 0 heteroatoms. The lowest BCUT2D eigenvalue weighted by Gasteiger charge is -2.34. The summed E-state index contributed by atoms with van der Waals surface area (Å²) in [6.07, 6.45) is 8.75. The van der Waals surface area contributed by atoms with Crippen molar-refractivity contribution in [2.24, 2.45) is 17.8 Å². The number of unbranched alkanes of at least 4 members (excludes halogenated alkanes) is 1. The van der Waals surface area contributed by atoms with Gasteiger partial charge in [-0.2, -0.15) is 0 Å². The van der Waals surface area contributed by atoms with Crippen LogP contribution in [0.15, 0.2) is 0 Å². The van der Waals surface area contributed by atoms with E-state index in [2.05, 4.69) is 20.8 Å². The van der Waals surface area contributed by atoms with Crippen molar-refractivity contribution in [1.82, 2.24) is 0 Å². The molecule has 2 unspecified atom stereocenters. The predicted octanol–water partition coefficient (Wildman–Crippen LogP) is 6.30. The predicted molar refractivity (Wildman–Crippen MR) is 77.9 cm³/mol. The molecule has 0 aromatic carbocycles. The summed E-state index contributed by atoms with van der Waals surface area (Å²) in [5.74, 6) is 3.04.